The Labute approximate surface area is 175 Å². The molecule has 4 rings (SSSR count). The monoisotopic (exact) mass is 435 g/mol. The molecule has 1 atom stereocenters. The molecular formula is C21H20F3N3O4. The lowest BCUT2D eigenvalue weighted by Crippen LogP contribution is -2.55. The van der Waals surface area contributed by atoms with E-state index in [1.54, 1.807) is 0 Å². The van der Waals surface area contributed by atoms with E-state index in [9.17, 15) is 32.7 Å². The number of alkyl halides is 1. The largest absolute Gasteiger partial charge is 0.503 e. The summed E-state index contributed by atoms with van der Waals surface area (Å²) >= 11 is 0. The van der Waals surface area contributed by atoms with E-state index in [1.807, 2.05) is 0 Å². The second-order valence-corrected chi connectivity index (χ2v) is 7.90. The second kappa shape index (κ2) is 7.75. The van der Waals surface area contributed by atoms with Crippen molar-refractivity contribution in [1.29, 1.82) is 0 Å². The van der Waals surface area contributed by atoms with E-state index in [4.69, 9.17) is 0 Å². The standard InChI is InChI=1S/C21H20F3N3O4/c22-10-21-5-1-2-6-26(11-21)20(31)16-18(29)17(28)14(9-27(16)21)19(30)25-8-12-3-4-13(23)7-15(12)24/h3-4,7,9,29H,1-2,5-6,8,10-11H2,(H,25,30)/t21-/m0/s1. The van der Waals surface area contributed by atoms with Crippen molar-refractivity contribution in [2.24, 2.45) is 0 Å². The summed E-state index contributed by atoms with van der Waals surface area (Å²) in [5.41, 5.74) is -3.11. The zero-order valence-electron chi connectivity index (χ0n) is 16.5. The number of amides is 2. The van der Waals surface area contributed by atoms with E-state index in [1.165, 1.54) is 9.47 Å². The molecule has 10 heteroatoms. The first-order chi connectivity index (χ1) is 14.8. The van der Waals surface area contributed by atoms with Gasteiger partial charge in [0.2, 0.25) is 5.43 Å². The van der Waals surface area contributed by atoms with Crippen LogP contribution < -0.4 is 10.7 Å². The molecule has 31 heavy (non-hydrogen) atoms. The number of carbonyl (C=O) groups excluding carboxylic acids is 2. The summed E-state index contributed by atoms with van der Waals surface area (Å²) < 4.78 is 42.3. The third-order valence-corrected chi connectivity index (χ3v) is 5.94. The number of aromatic nitrogens is 1. The zero-order chi connectivity index (χ0) is 22.3. The zero-order valence-corrected chi connectivity index (χ0v) is 16.5. The van der Waals surface area contributed by atoms with E-state index in [-0.39, 0.29) is 24.3 Å². The molecule has 2 aromatic rings. The number of fused-ring (bicyclic) bond motifs is 4. The lowest BCUT2D eigenvalue weighted by Gasteiger charge is -2.42. The van der Waals surface area contributed by atoms with Crippen LogP contribution in [0.5, 0.6) is 5.75 Å². The maximum absolute atomic E-state index is 14.2. The Kier molecular flexibility index (Phi) is 5.24. The van der Waals surface area contributed by atoms with Gasteiger partial charge in [0.15, 0.2) is 11.4 Å². The Bertz CT molecular complexity index is 1130. The molecule has 1 aromatic heterocycles. The summed E-state index contributed by atoms with van der Waals surface area (Å²) in [6, 6.07) is 2.84. The summed E-state index contributed by atoms with van der Waals surface area (Å²) in [7, 11) is 0. The predicted molar refractivity (Wildman–Crippen MR) is 104 cm³/mol. The van der Waals surface area contributed by atoms with Crippen molar-refractivity contribution in [3.8, 4) is 5.75 Å². The Morgan fingerprint density at radius 2 is 2.00 bits per heavy atom. The molecule has 164 valence electrons. The third kappa shape index (κ3) is 3.45. The summed E-state index contributed by atoms with van der Waals surface area (Å²) in [5, 5.41) is 12.8. The van der Waals surface area contributed by atoms with Gasteiger partial charge in [0.25, 0.3) is 11.8 Å². The second-order valence-electron chi connectivity index (χ2n) is 7.90. The number of carbonyl (C=O) groups is 2. The molecule has 0 spiro atoms. The maximum Gasteiger partial charge on any atom is 0.274 e. The van der Waals surface area contributed by atoms with Crippen molar-refractivity contribution >= 4 is 11.8 Å². The van der Waals surface area contributed by atoms with Crippen molar-refractivity contribution in [3.63, 3.8) is 0 Å². The SMILES string of the molecule is O=C(NCc1ccc(F)cc1F)c1cn2c(c(O)c1=O)C(=O)N1CCCC[C@]2(CF)C1. The Morgan fingerprint density at radius 1 is 1.23 bits per heavy atom. The van der Waals surface area contributed by atoms with Crippen LogP contribution in [0.3, 0.4) is 0 Å². The van der Waals surface area contributed by atoms with Crippen molar-refractivity contribution in [3.05, 3.63) is 63.1 Å². The first-order valence-electron chi connectivity index (χ1n) is 9.84. The average molecular weight is 435 g/mol. The van der Waals surface area contributed by atoms with Crippen LogP contribution in [-0.4, -0.2) is 46.2 Å². The van der Waals surface area contributed by atoms with Gasteiger partial charge in [0.1, 0.15) is 23.9 Å². The molecule has 2 N–H and O–H groups in total. The van der Waals surface area contributed by atoms with Gasteiger partial charge in [-0.05, 0) is 25.3 Å². The molecule has 2 amide bonds. The lowest BCUT2D eigenvalue weighted by atomic mass is 9.91. The Hall–Kier alpha value is -3.30. The van der Waals surface area contributed by atoms with Crippen LogP contribution >= 0.6 is 0 Å². The number of hydrogen-bond donors (Lipinski definition) is 2. The molecule has 3 heterocycles. The molecule has 2 aliphatic heterocycles. The van der Waals surface area contributed by atoms with Crippen LogP contribution in [-0.2, 0) is 12.1 Å². The van der Waals surface area contributed by atoms with Crippen molar-refractivity contribution in [2.45, 2.75) is 31.3 Å². The fraction of sp³-hybridized carbons (Fsp3) is 0.381. The normalized spacial score (nSPS) is 20.2. The van der Waals surface area contributed by atoms with Crippen LogP contribution in [0.2, 0.25) is 0 Å². The van der Waals surface area contributed by atoms with Gasteiger partial charge < -0.3 is 19.9 Å². The Balaban J connectivity index is 1.73. The fourth-order valence-electron chi connectivity index (χ4n) is 4.24. The van der Waals surface area contributed by atoms with Crippen molar-refractivity contribution in [2.75, 3.05) is 19.8 Å². The number of rotatable bonds is 4. The number of nitrogens with zero attached hydrogens (tertiary/aromatic N) is 2. The van der Waals surface area contributed by atoms with E-state index >= 15 is 0 Å². The highest BCUT2D eigenvalue weighted by atomic mass is 19.1. The smallest absolute Gasteiger partial charge is 0.274 e. The van der Waals surface area contributed by atoms with Gasteiger partial charge in [-0.3, -0.25) is 14.4 Å². The molecule has 1 saturated heterocycles. The summed E-state index contributed by atoms with van der Waals surface area (Å²) in [6.45, 7) is -0.735. The number of aromatic hydroxyl groups is 1. The Morgan fingerprint density at radius 3 is 2.71 bits per heavy atom. The molecule has 1 fully saturated rings. The molecular weight excluding hydrogens is 415 g/mol. The minimum Gasteiger partial charge on any atom is -0.503 e. The third-order valence-electron chi connectivity index (χ3n) is 5.94. The van der Waals surface area contributed by atoms with Gasteiger partial charge in [-0.1, -0.05) is 6.07 Å². The van der Waals surface area contributed by atoms with E-state index in [0.717, 1.165) is 18.3 Å². The van der Waals surface area contributed by atoms with E-state index in [2.05, 4.69) is 5.32 Å². The van der Waals surface area contributed by atoms with Gasteiger partial charge in [0.05, 0.1) is 5.54 Å². The first kappa shape index (κ1) is 21.0. The van der Waals surface area contributed by atoms with Crippen LogP contribution in [0.4, 0.5) is 13.2 Å². The quantitative estimate of drug-likeness (QED) is 0.769. The lowest BCUT2D eigenvalue weighted by molar-refractivity contribution is 0.0516. The van der Waals surface area contributed by atoms with Crippen LogP contribution in [0.25, 0.3) is 0 Å². The molecule has 0 unspecified atom stereocenters. The summed E-state index contributed by atoms with van der Waals surface area (Å²) in [5.74, 6) is -4.09. The number of nitrogens with one attached hydrogen (secondary N) is 1. The maximum atomic E-state index is 14.2. The van der Waals surface area contributed by atoms with Crippen molar-refractivity contribution < 1.29 is 27.9 Å². The minimum atomic E-state index is -1.19. The predicted octanol–water partition coefficient (Wildman–Crippen LogP) is 2.07. The molecule has 0 radical (unpaired) electrons. The van der Waals surface area contributed by atoms with E-state index < -0.39 is 52.4 Å². The number of benzene rings is 1. The molecule has 7 nitrogen and oxygen atoms in total. The fourth-order valence-corrected chi connectivity index (χ4v) is 4.24. The van der Waals surface area contributed by atoms with E-state index in [0.29, 0.717) is 31.9 Å². The van der Waals surface area contributed by atoms with Gasteiger partial charge in [0, 0.05) is 37.5 Å². The minimum absolute atomic E-state index is 0.00755. The topological polar surface area (TPSA) is 91.6 Å². The molecule has 2 aliphatic rings. The number of halogens is 3. The highest BCUT2D eigenvalue weighted by Gasteiger charge is 2.46. The highest BCUT2D eigenvalue weighted by molar-refractivity contribution is 5.99. The highest BCUT2D eigenvalue weighted by Crippen LogP contribution is 2.37. The number of hydrogen-bond acceptors (Lipinski definition) is 4. The van der Waals surface area contributed by atoms with Gasteiger partial charge in [-0.15, -0.1) is 0 Å². The van der Waals surface area contributed by atoms with Crippen LogP contribution in [0.15, 0.2) is 29.2 Å². The van der Waals surface area contributed by atoms with Crippen LogP contribution in [0.1, 0.15) is 45.7 Å². The summed E-state index contributed by atoms with van der Waals surface area (Å²) in [4.78, 5) is 39.5. The van der Waals surface area contributed by atoms with Crippen molar-refractivity contribution in [1.82, 2.24) is 14.8 Å². The first-order valence-corrected chi connectivity index (χ1v) is 9.84. The van der Waals surface area contributed by atoms with Gasteiger partial charge in [-0.25, -0.2) is 13.2 Å². The molecule has 0 saturated carbocycles. The van der Waals surface area contributed by atoms with Gasteiger partial charge >= 0.3 is 0 Å². The molecule has 2 bridgehead atoms. The number of pyridine rings is 1. The molecule has 1 aromatic carbocycles. The molecule has 0 aliphatic carbocycles. The van der Waals surface area contributed by atoms with Gasteiger partial charge in [-0.2, -0.15) is 0 Å². The van der Waals surface area contributed by atoms with Crippen LogP contribution in [0, 0.1) is 11.6 Å². The summed E-state index contributed by atoms with van der Waals surface area (Å²) in [6.07, 6.45) is 2.74. The average Bonchev–Trinajstić information content (AvgIpc) is 2.95.